The van der Waals surface area contributed by atoms with Gasteiger partial charge in [0.25, 0.3) is 0 Å². The maximum Gasteiger partial charge on any atom is 0.236 e. The zero-order valence-electron chi connectivity index (χ0n) is 8.24. The van der Waals surface area contributed by atoms with Gasteiger partial charge in [-0.1, -0.05) is 32.4 Å². The largest absolute Gasteiger partial charge is 0.236 e. The van der Waals surface area contributed by atoms with E-state index < -0.39 is 0 Å². The summed E-state index contributed by atoms with van der Waals surface area (Å²) >= 11 is 4.39. The van der Waals surface area contributed by atoms with E-state index >= 15 is 0 Å². The molecule has 0 aromatic carbocycles. The highest BCUT2D eigenvalue weighted by Gasteiger charge is 2.03. The zero-order valence-corrected chi connectivity index (χ0v) is 9.13. The average Bonchev–Trinajstić information content (AvgIpc) is 2.15. The first kappa shape index (κ1) is 10.6. The van der Waals surface area contributed by atoms with E-state index in [1.807, 2.05) is 12.1 Å². The molecule has 0 unspecified atom stereocenters. The lowest BCUT2D eigenvalue weighted by atomic mass is 10.2. The van der Waals surface area contributed by atoms with Crippen LogP contribution in [0.15, 0.2) is 29.4 Å². The molecule has 0 amide bonds. The lowest BCUT2D eigenvalue weighted by Crippen LogP contribution is -2.34. The van der Waals surface area contributed by atoms with Gasteiger partial charge in [0.05, 0.1) is 0 Å². The Morgan fingerprint density at radius 2 is 2.08 bits per heavy atom. The quantitative estimate of drug-likeness (QED) is 0.419. The summed E-state index contributed by atoms with van der Waals surface area (Å²) in [5.74, 6) is 0. The molecule has 1 rings (SSSR count). The molecule has 0 saturated heterocycles. The molecule has 0 spiro atoms. The molecule has 0 saturated carbocycles. The van der Waals surface area contributed by atoms with Crippen molar-refractivity contribution in [1.29, 1.82) is 0 Å². The van der Waals surface area contributed by atoms with Crippen LogP contribution in [0.1, 0.15) is 32.6 Å². The van der Waals surface area contributed by atoms with Crippen LogP contribution in [0.2, 0.25) is 0 Å². The fourth-order valence-electron chi connectivity index (χ4n) is 1.37. The summed E-state index contributed by atoms with van der Waals surface area (Å²) in [6.45, 7) is 3.33. The molecule has 0 atom stereocenters. The Labute approximate surface area is 86.2 Å². The van der Waals surface area contributed by atoms with Crippen molar-refractivity contribution in [1.82, 2.24) is 0 Å². The van der Waals surface area contributed by atoms with Crippen LogP contribution in [0.5, 0.6) is 0 Å². The van der Waals surface area contributed by atoms with E-state index in [4.69, 9.17) is 0 Å². The second-order valence-corrected chi connectivity index (χ2v) is 3.77. The van der Waals surface area contributed by atoms with Crippen molar-refractivity contribution in [2.75, 3.05) is 0 Å². The molecule has 0 aliphatic carbocycles. The van der Waals surface area contributed by atoms with Gasteiger partial charge in [-0.2, -0.15) is 4.57 Å². The van der Waals surface area contributed by atoms with Crippen LogP contribution in [-0.4, -0.2) is 0 Å². The fraction of sp³-hybridized carbons (Fsp3) is 0.545. The summed E-state index contributed by atoms with van der Waals surface area (Å²) in [5.41, 5.74) is 0. The van der Waals surface area contributed by atoms with Gasteiger partial charge in [0, 0.05) is 18.6 Å². The van der Waals surface area contributed by atoms with Crippen LogP contribution in [0.4, 0.5) is 0 Å². The SMILES string of the molecule is CCCCCC[n+]1ccccc1S. The van der Waals surface area contributed by atoms with Gasteiger partial charge in [0.2, 0.25) is 5.03 Å². The predicted molar refractivity (Wildman–Crippen MR) is 58.0 cm³/mol. The molecule has 1 heterocycles. The Bertz CT molecular complexity index is 248. The van der Waals surface area contributed by atoms with Crippen LogP contribution < -0.4 is 4.57 Å². The van der Waals surface area contributed by atoms with E-state index in [-0.39, 0.29) is 0 Å². The Hall–Kier alpha value is -0.500. The smallest absolute Gasteiger partial charge is 0.193 e. The first-order valence-electron chi connectivity index (χ1n) is 5.02. The lowest BCUT2D eigenvalue weighted by Gasteiger charge is -1.98. The maximum atomic E-state index is 4.39. The zero-order chi connectivity index (χ0) is 9.52. The van der Waals surface area contributed by atoms with Gasteiger partial charge in [-0.05, 0) is 12.5 Å². The van der Waals surface area contributed by atoms with Gasteiger partial charge in [-0.25, -0.2) is 0 Å². The van der Waals surface area contributed by atoms with E-state index in [9.17, 15) is 0 Å². The Kier molecular flexibility index (Phi) is 4.91. The minimum atomic E-state index is 1.05. The van der Waals surface area contributed by atoms with E-state index in [0.717, 1.165) is 11.6 Å². The summed E-state index contributed by atoms with van der Waals surface area (Å²) in [5, 5.41) is 1.05. The molecule has 0 radical (unpaired) electrons. The summed E-state index contributed by atoms with van der Waals surface area (Å²) in [4.78, 5) is 0. The number of hydrogen-bond donors (Lipinski definition) is 1. The van der Waals surface area contributed by atoms with Crippen molar-refractivity contribution >= 4 is 12.6 Å². The van der Waals surface area contributed by atoms with Gasteiger partial charge in [-0.15, -0.1) is 0 Å². The van der Waals surface area contributed by atoms with Crippen LogP contribution in [-0.2, 0) is 6.54 Å². The molecular weight excluding hydrogens is 178 g/mol. The van der Waals surface area contributed by atoms with E-state index in [1.54, 1.807) is 0 Å². The molecule has 13 heavy (non-hydrogen) atoms. The first-order valence-corrected chi connectivity index (χ1v) is 5.46. The normalized spacial score (nSPS) is 10.3. The Morgan fingerprint density at radius 1 is 1.23 bits per heavy atom. The van der Waals surface area contributed by atoms with Crippen molar-refractivity contribution in [3.8, 4) is 0 Å². The number of unbranched alkanes of at least 4 members (excludes halogenated alkanes) is 3. The Morgan fingerprint density at radius 3 is 2.77 bits per heavy atom. The lowest BCUT2D eigenvalue weighted by molar-refractivity contribution is -0.732. The van der Waals surface area contributed by atoms with Gasteiger partial charge in [0.1, 0.15) is 6.54 Å². The van der Waals surface area contributed by atoms with Crippen molar-refractivity contribution in [3.63, 3.8) is 0 Å². The molecule has 2 heteroatoms. The average molecular weight is 196 g/mol. The van der Waals surface area contributed by atoms with Gasteiger partial charge in [-0.3, -0.25) is 0 Å². The molecule has 0 N–H and O–H groups in total. The van der Waals surface area contributed by atoms with Crippen molar-refractivity contribution in [3.05, 3.63) is 24.4 Å². The Balaban J connectivity index is 2.32. The summed E-state index contributed by atoms with van der Waals surface area (Å²) in [7, 11) is 0. The highest BCUT2D eigenvalue weighted by Crippen LogP contribution is 2.01. The second kappa shape index (κ2) is 6.03. The summed E-state index contributed by atoms with van der Waals surface area (Å²) < 4.78 is 2.19. The predicted octanol–water partition coefficient (Wildman–Crippen LogP) is 2.84. The summed E-state index contributed by atoms with van der Waals surface area (Å²) in [6.07, 6.45) is 7.32. The highest BCUT2D eigenvalue weighted by atomic mass is 32.1. The van der Waals surface area contributed by atoms with Crippen LogP contribution in [0, 0.1) is 0 Å². The molecule has 1 nitrogen and oxygen atoms in total. The van der Waals surface area contributed by atoms with Crippen molar-refractivity contribution in [2.45, 2.75) is 44.2 Å². The number of nitrogens with zero attached hydrogens (tertiary/aromatic N) is 1. The summed E-state index contributed by atoms with van der Waals surface area (Å²) in [6, 6.07) is 6.10. The molecule has 0 aliphatic heterocycles. The number of thiol groups is 1. The number of aromatic nitrogens is 1. The molecule has 1 aromatic heterocycles. The van der Waals surface area contributed by atoms with E-state index in [0.29, 0.717) is 0 Å². The minimum Gasteiger partial charge on any atom is -0.193 e. The highest BCUT2D eigenvalue weighted by molar-refractivity contribution is 7.80. The fourth-order valence-corrected chi connectivity index (χ4v) is 1.62. The number of pyridine rings is 1. The maximum absolute atomic E-state index is 4.39. The van der Waals surface area contributed by atoms with Gasteiger partial charge < -0.3 is 0 Å². The number of rotatable bonds is 5. The second-order valence-electron chi connectivity index (χ2n) is 3.31. The molecule has 0 fully saturated rings. The molecule has 0 aliphatic rings. The first-order chi connectivity index (χ1) is 6.34. The number of hydrogen-bond acceptors (Lipinski definition) is 1. The van der Waals surface area contributed by atoms with E-state index in [1.165, 1.54) is 25.7 Å². The molecule has 0 bridgehead atoms. The molecular formula is C11H18NS+. The van der Waals surface area contributed by atoms with E-state index in [2.05, 4.69) is 36.4 Å². The van der Waals surface area contributed by atoms with Gasteiger partial charge >= 0.3 is 0 Å². The number of aryl methyl sites for hydroxylation is 1. The third-order valence-electron chi connectivity index (χ3n) is 2.17. The van der Waals surface area contributed by atoms with Gasteiger partial charge in [0.15, 0.2) is 6.20 Å². The van der Waals surface area contributed by atoms with Crippen molar-refractivity contribution in [2.24, 2.45) is 0 Å². The molecule has 1 aromatic rings. The monoisotopic (exact) mass is 196 g/mol. The third kappa shape index (κ3) is 3.81. The topological polar surface area (TPSA) is 3.88 Å². The van der Waals surface area contributed by atoms with Crippen molar-refractivity contribution < 1.29 is 4.57 Å². The molecule has 72 valence electrons. The van der Waals surface area contributed by atoms with Crippen LogP contribution >= 0.6 is 12.6 Å². The van der Waals surface area contributed by atoms with Crippen LogP contribution in [0.3, 0.4) is 0 Å². The minimum absolute atomic E-state index is 1.05. The standard InChI is InChI=1S/C11H17NS/c1-2-3-4-6-9-12-10-7-5-8-11(12)13/h5,7-8,10H,2-4,6,9H2,1H3/p+1. The third-order valence-corrected chi connectivity index (χ3v) is 2.58. The van der Waals surface area contributed by atoms with Crippen LogP contribution in [0.25, 0.3) is 0 Å².